The van der Waals surface area contributed by atoms with E-state index in [-0.39, 0.29) is 60.0 Å². The Morgan fingerprint density at radius 3 is 2.51 bits per heavy atom. The number of hydrogen-bond donors (Lipinski definition) is 2. The standard InChI is InChI=1S/C31H31F4NO5/c1-4-16-10-20-18(11-21-27(20)28(21)29(37)38)12-25(16)41-15-19-9-17(5-6-24(19)32)22-14-36-26(13-23(22)31(33,34)35)40-8-7-30(2,3)39/h5-6,9-10,12-14,21,27-28,39H,4,7-8,11,15H2,1-3H3,(H,37,38). The van der Waals surface area contributed by atoms with Crippen LogP contribution in [0, 0.1) is 17.7 Å². The van der Waals surface area contributed by atoms with Gasteiger partial charge in [-0.05, 0) is 73.1 Å². The second-order valence-corrected chi connectivity index (χ2v) is 11.3. The minimum Gasteiger partial charge on any atom is -0.489 e. The van der Waals surface area contributed by atoms with Crippen LogP contribution in [0.4, 0.5) is 17.6 Å². The van der Waals surface area contributed by atoms with Gasteiger partial charge in [-0.2, -0.15) is 13.2 Å². The van der Waals surface area contributed by atoms with E-state index < -0.39 is 29.1 Å². The summed E-state index contributed by atoms with van der Waals surface area (Å²) in [5, 5.41) is 19.2. The summed E-state index contributed by atoms with van der Waals surface area (Å²) in [5.74, 6) is -1.32. The van der Waals surface area contributed by atoms with Gasteiger partial charge in [-0.25, -0.2) is 9.37 Å². The first-order valence-electron chi connectivity index (χ1n) is 13.5. The molecule has 0 saturated heterocycles. The van der Waals surface area contributed by atoms with E-state index in [1.807, 2.05) is 19.1 Å². The summed E-state index contributed by atoms with van der Waals surface area (Å²) in [6.07, 6.45) is -2.21. The van der Waals surface area contributed by atoms with Crippen LogP contribution in [0.2, 0.25) is 0 Å². The molecule has 1 fully saturated rings. The van der Waals surface area contributed by atoms with E-state index >= 15 is 0 Å². The fourth-order valence-electron chi connectivity index (χ4n) is 5.62. The molecule has 41 heavy (non-hydrogen) atoms. The van der Waals surface area contributed by atoms with Gasteiger partial charge in [0, 0.05) is 35.7 Å². The van der Waals surface area contributed by atoms with Gasteiger partial charge in [-0.15, -0.1) is 0 Å². The fraction of sp³-hybridized carbons (Fsp3) is 0.419. The molecule has 0 bridgehead atoms. The monoisotopic (exact) mass is 573 g/mol. The third kappa shape index (κ3) is 6.02. The number of halogens is 4. The van der Waals surface area contributed by atoms with Crippen LogP contribution in [-0.2, 0) is 30.4 Å². The predicted molar refractivity (Wildman–Crippen MR) is 142 cm³/mol. The lowest BCUT2D eigenvalue weighted by atomic mass is 9.97. The van der Waals surface area contributed by atoms with Gasteiger partial charge < -0.3 is 19.7 Å². The molecule has 5 rings (SSSR count). The maximum Gasteiger partial charge on any atom is 0.417 e. The summed E-state index contributed by atoms with van der Waals surface area (Å²) in [4.78, 5) is 15.5. The second kappa shape index (κ2) is 10.6. The number of fused-ring (bicyclic) bond motifs is 3. The second-order valence-electron chi connectivity index (χ2n) is 11.3. The van der Waals surface area contributed by atoms with E-state index in [1.165, 1.54) is 12.1 Å². The molecule has 6 nitrogen and oxygen atoms in total. The molecule has 1 saturated carbocycles. The largest absolute Gasteiger partial charge is 0.489 e. The Bertz CT molecular complexity index is 1480. The molecule has 10 heteroatoms. The van der Waals surface area contributed by atoms with Gasteiger partial charge in [-0.1, -0.05) is 19.1 Å². The number of benzene rings is 2. The number of ether oxygens (including phenoxy) is 2. The van der Waals surface area contributed by atoms with Crippen molar-refractivity contribution in [2.45, 2.75) is 64.3 Å². The number of aliphatic carboxylic acids is 1. The van der Waals surface area contributed by atoms with Crippen LogP contribution in [0.25, 0.3) is 11.1 Å². The Balaban J connectivity index is 1.37. The fourth-order valence-corrected chi connectivity index (χ4v) is 5.62. The average Bonchev–Trinajstić information content (AvgIpc) is 3.50. The van der Waals surface area contributed by atoms with Crippen LogP contribution < -0.4 is 9.47 Å². The molecule has 1 aromatic heterocycles. The van der Waals surface area contributed by atoms with Crippen molar-refractivity contribution < 1.29 is 42.0 Å². The number of carboxylic acid groups (broad SMARTS) is 1. The number of aliphatic hydroxyl groups is 1. The Morgan fingerprint density at radius 1 is 1.10 bits per heavy atom. The summed E-state index contributed by atoms with van der Waals surface area (Å²) < 4.78 is 68.1. The number of aromatic nitrogens is 1. The lowest BCUT2D eigenvalue weighted by molar-refractivity contribution is -0.139. The zero-order valence-electron chi connectivity index (χ0n) is 22.9. The molecule has 2 aliphatic rings. The number of rotatable bonds is 10. The number of hydrogen-bond acceptors (Lipinski definition) is 5. The van der Waals surface area contributed by atoms with E-state index in [2.05, 4.69) is 4.98 Å². The van der Waals surface area contributed by atoms with Crippen LogP contribution in [0.1, 0.15) is 60.9 Å². The number of aryl methyl sites for hydroxylation is 1. The summed E-state index contributed by atoms with van der Waals surface area (Å²) >= 11 is 0. The first-order chi connectivity index (χ1) is 19.3. The number of pyridine rings is 1. The van der Waals surface area contributed by atoms with Crippen molar-refractivity contribution in [2.75, 3.05) is 6.61 Å². The molecule has 2 aromatic carbocycles. The smallest absolute Gasteiger partial charge is 0.417 e. The molecule has 0 spiro atoms. The van der Waals surface area contributed by atoms with Crippen LogP contribution in [0.5, 0.6) is 11.6 Å². The van der Waals surface area contributed by atoms with Gasteiger partial charge in [0.05, 0.1) is 23.7 Å². The van der Waals surface area contributed by atoms with Crippen molar-refractivity contribution in [2.24, 2.45) is 11.8 Å². The SMILES string of the molecule is CCc1cc2c(cc1OCc1cc(-c3cnc(OCCC(C)(C)O)cc3C(F)(F)F)ccc1F)CC1C(C(=O)O)C21. The first kappa shape index (κ1) is 28.9. The van der Waals surface area contributed by atoms with Crippen molar-refractivity contribution in [3.05, 3.63) is 76.2 Å². The number of nitrogens with zero attached hydrogens (tertiary/aromatic N) is 1. The highest BCUT2D eigenvalue weighted by atomic mass is 19.4. The van der Waals surface area contributed by atoms with Crippen molar-refractivity contribution in [1.82, 2.24) is 4.98 Å². The summed E-state index contributed by atoms with van der Waals surface area (Å²) in [6, 6.07) is 8.34. The van der Waals surface area contributed by atoms with Gasteiger partial charge >= 0.3 is 12.1 Å². The van der Waals surface area contributed by atoms with Gasteiger partial charge in [0.1, 0.15) is 18.2 Å². The Morgan fingerprint density at radius 2 is 1.85 bits per heavy atom. The lowest BCUT2D eigenvalue weighted by Crippen LogP contribution is -2.22. The molecule has 218 valence electrons. The Labute approximate surface area is 235 Å². The predicted octanol–water partition coefficient (Wildman–Crippen LogP) is 6.56. The highest BCUT2D eigenvalue weighted by molar-refractivity contribution is 5.78. The van der Waals surface area contributed by atoms with E-state index in [1.54, 1.807) is 13.8 Å². The quantitative estimate of drug-likeness (QED) is 0.267. The van der Waals surface area contributed by atoms with E-state index in [0.29, 0.717) is 18.6 Å². The molecular weight excluding hydrogens is 542 g/mol. The highest BCUT2D eigenvalue weighted by Crippen LogP contribution is 2.62. The first-order valence-corrected chi connectivity index (χ1v) is 13.5. The highest BCUT2D eigenvalue weighted by Gasteiger charge is 2.59. The third-order valence-corrected chi connectivity index (χ3v) is 7.86. The van der Waals surface area contributed by atoms with Gasteiger partial charge in [-0.3, -0.25) is 4.79 Å². The zero-order valence-corrected chi connectivity index (χ0v) is 22.9. The minimum absolute atomic E-state index is 0.0188. The van der Waals surface area contributed by atoms with Crippen LogP contribution >= 0.6 is 0 Å². The van der Waals surface area contributed by atoms with Crippen molar-refractivity contribution >= 4 is 5.97 Å². The zero-order chi connectivity index (χ0) is 29.7. The topological polar surface area (TPSA) is 88.9 Å². The lowest BCUT2D eigenvalue weighted by Gasteiger charge is -2.18. The molecule has 3 atom stereocenters. The van der Waals surface area contributed by atoms with Gasteiger partial charge in [0.25, 0.3) is 0 Å². The number of alkyl halides is 3. The van der Waals surface area contributed by atoms with Crippen LogP contribution in [-0.4, -0.2) is 33.4 Å². The molecule has 0 aliphatic heterocycles. The Kier molecular flexibility index (Phi) is 7.48. The Hall–Kier alpha value is -3.66. The number of carbonyl (C=O) groups is 1. The van der Waals surface area contributed by atoms with Crippen LogP contribution in [0.3, 0.4) is 0 Å². The van der Waals surface area contributed by atoms with E-state index in [9.17, 15) is 32.6 Å². The molecule has 0 radical (unpaired) electrons. The van der Waals surface area contributed by atoms with Gasteiger partial charge in [0.15, 0.2) is 0 Å². The molecule has 3 unspecified atom stereocenters. The third-order valence-electron chi connectivity index (χ3n) is 7.86. The molecule has 1 heterocycles. The maximum atomic E-state index is 14.8. The van der Waals surface area contributed by atoms with Crippen LogP contribution in [0.15, 0.2) is 42.6 Å². The number of carboxylic acids is 1. The molecule has 2 aliphatic carbocycles. The summed E-state index contributed by atoms with van der Waals surface area (Å²) in [7, 11) is 0. The summed E-state index contributed by atoms with van der Waals surface area (Å²) in [6.45, 7) is 4.84. The molecule has 3 aromatic rings. The maximum absolute atomic E-state index is 14.8. The summed E-state index contributed by atoms with van der Waals surface area (Å²) in [5.41, 5.74) is 0.863. The van der Waals surface area contributed by atoms with Crippen molar-refractivity contribution in [3.63, 3.8) is 0 Å². The molecule has 2 N–H and O–H groups in total. The molecule has 0 amide bonds. The van der Waals surface area contributed by atoms with E-state index in [0.717, 1.165) is 35.0 Å². The minimum atomic E-state index is -4.72. The van der Waals surface area contributed by atoms with Crippen molar-refractivity contribution in [3.8, 4) is 22.8 Å². The normalized spacial score (nSPS) is 19.5. The van der Waals surface area contributed by atoms with Crippen molar-refractivity contribution in [1.29, 1.82) is 0 Å². The van der Waals surface area contributed by atoms with E-state index in [4.69, 9.17) is 9.47 Å². The average molecular weight is 574 g/mol. The van der Waals surface area contributed by atoms with Gasteiger partial charge in [0.2, 0.25) is 5.88 Å². The molecular formula is C31H31F4NO5.